The molecular weight excluding hydrogens is 301 g/mol. The van der Waals surface area contributed by atoms with Crippen LogP contribution in [-0.2, 0) is 4.57 Å². The lowest BCUT2D eigenvalue weighted by atomic mass is 9.79. The molecule has 0 aromatic heterocycles. The largest absolute Gasteiger partial charge is 0.297 e. The third-order valence-electron chi connectivity index (χ3n) is 5.20. The van der Waals surface area contributed by atoms with Gasteiger partial charge in [0.1, 0.15) is 0 Å². The second kappa shape index (κ2) is 7.03. The molecule has 1 aliphatic rings. The van der Waals surface area contributed by atoms with Gasteiger partial charge in [0, 0.05) is 16.7 Å². The molecule has 0 radical (unpaired) electrons. The van der Waals surface area contributed by atoms with Crippen LogP contribution in [0.4, 0.5) is 0 Å². The molecule has 3 atom stereocenters. The van der Waals surface area contributed by atoms with Gasteiger partial charge in [-0.25, -0.2) is 0 Å². The fraction of sp³-hybridized carbons (Fsp3) is 0.400. The van der Waals surface area contributed by atoms with Gasteiger partial charge in [0.05, 0.1) is 0 Å². The van der Waals surface area contributed by atoms with Gasteiger partial charge in [0.15, 0.2) is 0 Å². The summed E-state index contributed by atoms with van der Waals surface area (Å²) in [5.74, 6) is 1.45. The van der Waals surface area contributed by atoms with Crippen molar-refractivity contribution in [1.82, 2.24) is 5.09 Å². The zero-order valence-corrected chi connectivity index (χ0v) is 14.9. The summed E-state index contributed by atoms with van der Waals surface area (Å²) in [7, 11) is -2.79. The first kappa shape index (κ1) is 16.5. The molecule has 3 rings (SSSR count). The summed E-state index contributed by atoms with van der Waals surface area (Å²) in [6.45, 7) is 4.64. The summed E-state index contributed by atoms with van der Waals surface area (Å²) in [5, 5.41) is 5.37. The van der Waals surface area contributed by atoms with Gasteiger partial charge in [0.25, 0.3) is 0 Å². The molecule has 2 aromatic carbocycles. The Balaban J connectivity index is 1.92. The molecule has 1 fully saturated rings. The molecule has 2 aromatic rings. The Kier molecular flexibility index (Phi) is 5.04. The molecule has 122 valence electrons. The standard InChI is InChI=1S/C20H26NOP/c1-16-13-14-18(15-17(16)2)21-23(22,19-9-5-3-6-10-19)20-11-7-4-8-12-20/h3-12,16-18H,13-15H2,1-2H3,(H,21,22)/t16-,17-,18-/m1/s1. The predicted molar refractivity (Wildman–Crippen MR) is 98.9 cm³/mol. The van der Waals surface area contributed by atoms with Crippen molar-refractivity contribution < 1.29 is 4.57 Å². The van der Waals surface area contributed by atoms with E-state index in [-0.39, 0.29) is 0 Å². The minimum Gasteiger partial charge on any atom is -0.297 e. The smallest absolute Gasteiger partial charge is 0.204 e. The lowest BCUT2D eigenvalue weighted by Crippen LogP contribution is -2.39. The third-order valence-corrected chi connectivity index (χ3v) is 7.98. The van der Waals surface area contributed by atoms with Crippen LogP contribution < -0.4 is 15.7 Å². The molecular formula is C20H26NOP. The number of hydrogen-bond acceptors (Lipinski definition) is 1. The molecule has 1 aliphatic carbocycles. The van der Waals surface area contributed by atoms with Crippen molar-refractivity contribution in [2.45, 2.75) is 39.2 Å². The molecule has 23 heavy (non-hydrogen) atoms. The average Bonchev–Trinajstić information content (AvgIpc) is 2.60. The van der Waals surface area contributed by atoms with Gasteiger partial charge in [-0.3, -0.25) is 9.65 Å². The van der Waals surface area contributed by atoms with Crippen LogP contribution >= 0.6 is 7.29 Å². The highest BCUT2D eigenvalue weighted by atomic mass is 31.2. The van der Waals surface area contributed by atoms with Gasteiger partial charge in [0.2, 0.25) is 7.29 Å². The number of benzene rings is 2. The van der Waals surface area contributed by atoms with Crippen LogP contribution in [-0.4, -0.2) is 6.04 Å². The van der Waals surface area contributed by atoms with Gasteiger partial charge in [-0.2, -0.15) is 0 Å². The number of rotatable bonds is 4. The Morgan fingerprint density at radius 1 is 0.826 bits per heavy atom. The predicted octanol–water partition coefficient (Wildman–Crippen LogP) is 4.33. The Morgan fingerprint density at radius 3 is 1.83 bits per heavy atom. The average molecular weight is 327 g/mol. The Bertz CT molecular complexity index is 627. The summed E-state index contributed by atoms with van der Waals surface area (Å²) < 4.78 is 14.0. The molecule has 0 spiro atoms. The molecule has 0 bridgehead atoms. The van der Waals surface area contributed by atoms with Crippen LogP contribution in [0.3, 0.4) is 0 Å². The van der Waals surface area contributed by atoms with Crippen LogP contribution in [0.1, 0.15) is 33.1 Å². The van der Waals surface area contributed by atoms with E-state index in [0.29, 0.717) is 12.0 Å². The third kappa shape index (κ3) is 3.59. The van der Waals surface area contributed by atoms with Crippen molar-refractivity contribution >= 4 is 17.9 Å². The normalized spacial score (nSPS) is 25.2. The van der Waals surface area contributed by atoms with E-state index in [1.807, 2.05) is 60.7 Å². The van der Waals surface area contributed by atoms with E-state index in [4.69, 9.17) is 0 Å². The van der Waals surface area contributed by atoms with Crippen molar-refractivity contribution in [1.29, 1.82) is 0 Å². The van der Waals surface area contributed by atoms with Crippen LogP contribution in [0.15, 0.2) is 60.7 Å². The highest BCUT2D eigenvalue weighted by molar-refractivity contribution is 7.76. The minimum atomic E-state index is -2.79. The summed E-state index contributed by atoms with van der Waals surface area (Å²) in [5.41, 5.74) is 0. The lowest BCUT2D eigenvalue weighted by Gasteiger charge is -2.35. The topological polar surface area (TPSA) is 29.1 Å². The van der Waals surface area contributed by atoms with Crippen LogP contribution in [0.25, 0.3) is 0 Å². The highest BCUT2D eigenvalue weighted by Crippen LogP contribution is 2.42. The fourth-order valence-electron chi connectivity index (χ4n) is 3.50. The van der Waals surface area contributed by atoms with Gasteiger partial charge in [-0.1, -0.05) is 50.2 Å². The second-order valence-corrected chi connectivity index (χ2v) is 9.38. The minimum absolute atomic E-state index is 0.326. The van der Waals surface area contributed by atoms with Crippen molar-refractivity contribution in [3.05, 3.63) is 60.7 Å². The highest BCUT2D eigenvalue weighted by Gasteiger charge is 2.33. The van der Waals surface area contributed by atoms with Crippen molar-refractivity contribution in [3.8, 4) is 0 Å². The van der Waals surface area contributed by atoms with E-state index in [0.717, 1.165) is 29.4 Å². The first-order valence-corrected chi connectivity index (χ1v) is 10.3. The first-order valence-electron chi connectivity index (χ1n) is 8.58. The molecule has 0 aliphatic heterocycles. The van der Waals surface area contributed by atoms with Gasteiger partial charge >= 0.3 is 0 Å². The quantitative estimate of drug-likeness (QED) is 0.847. The van der Waals surface area contributed by atoms with E-state index in [2.05, 4.69) is 18.9 Å². The van der Waals surface area contributed by atoms with Gasteiger partial charge < -0.3 is 0 Å². The number of hydrogen-bond donors (Lipinski definition) is 1. The molecule has 3 heteroatoms. The summed E-state index contributed by atoms with van der Waals surface area (Å²) >= 11 is 0. The summed E-state index contributed by atoms with van der Waals surface area (Å²) in [6, 6.07) is 20.1. The fourth-order valence-corrected chi connectivity index (χ4v) is 6.02. The van der Waals surface area contributed by atoms with Crippen LogP contribution in [0.5, 0.6) is 0 Å². The van der Waals surface area contributed by atoms with Crippen molar-refractivity contribution in [3.63, 3.8) is 0 Å². The SMILES string of the molecule is C[C@@H]1CC[C@@H](NP(=O)(c2ccccc2)c2ccccc2)C[C@H]1C. The number of nitrogens with one attached hydrogen (secondary N) is 1. The van der Waals surface area contributed by atoms with Gasteiger partial charge in [-0.05, 0) is 55.4 Å². The maximum absolute atomic E-state index is 14.0. The monoisotopic (exact) mass is 327 g/mol. The molecule has 0 unspecified atom stereocenters. The van der Waals surface area contributed by atoms with Crippen molar-refractivity contribution in [2.75, 3.05) is 0 Å². The van der Waals surface area contributed by atoms with E-state index < -0.39 is 7.29 Å². The summed E-state index contributed by atoms with van der Waals surface area (Å²) in [6.07, 6.45) is 3.42. The zero-order valence-electron chi connectivity index (χ0n) is 14.0. The molecule has 2 nitrogen and oxygen atoms in total. The van der Waals surface area contributed by atoms with Crippen LogP contribution in [0.2, 0.25) is 0 Å². The Labute approximate surface area is 139 Å². The molecule has 0 heterocycles. The van der Waals surface area contributed by atoms with E-state index in [1.54, 1.807) is 0 Å². The van der Waals surface area contributed by atoms with E-state index in [1.165, 1.54) is 6.42 Å². The first-order chi connectivity index (χ1) is 11.1. The maximum Gasteiger partial charge on any atom is 0.204 e. The Morgan fingerprint density at radius 2 is 1.35 bits per heavy atom. The maximum atomic E-state index is 14.0. The zero-order chi connectivity index (χ0) is 16.3. The molecule has 0 amide bonds. The molecule has 1 saturated carbocycles. The van der Waals surface area contributed by atoms with Crippen LogP contribution in [0, 0.1) is 11.8 Å². The second-order valence-electron chi connectivity index (χ2n) is 6.87. The lowest BCUT2D eigenvalue weighted by molar-refractivity contribution is 0.242. The van der Waals surface area contributed by atoms with E-state index in [9.17, 15) is 4.57 Å². The molecule has 0 saturated heterocycles. The van der Waals surface area contributed by atoms with E-state index >= 15 is 0 Å². The van der Waals surface area contributed by atoms with Crippen molar-refractivity contribution in [2.24, 2.45) is 11.8 Å². The molecule has 1 N–H and O–H groups in total. The Hall–Kier alpha value is -1.37. The summed E-state index contributed by atoms with van der Waals surface area (Å²) in [4.78, 5) is 0. The van der Waals surface area contributed by atoms with Gasteiger partial charge in [-0.15, -0.1) is 0 Å².